The van der Waals surface area contributed by atoms with Gasteiger partial charge in [-0.05, 0) is 32.4 Å². The standard InChI is InChI=1S/C14H19N3O2/c1-4-5-8-15-14(18)12-7-6-11(19-12)13-9(2)16-17-10(13)3/h6-7H,4-5,8H2,1-3H3,(H,15,18)(H,16,17). The van der Waals surface area contributed by atoms with Crippen molar-refractivity contribution < 1.29 is 9.21 Å². The van der Waals surface area contributed by atoms with E-state index in [1.54, 1.807) is 12.1 Å². The third-order valence-corrected chi connectivity index (χ3v) is 3.02. The molecule has 0 saturated carbocycles. The zero-order valence-electron chi connectivity index (χ0n) is 11.5. The molecule has 0 aliphatic rings. The first-order valence-electron chi connectivity index (χ1n) is 6.53. The second kappa shape index (κ2) is 5.73. The van der Waals surface area contributed by atoms with Crippen LogP contribution in [0, 0.1) is 13.8 Å². The van der Waals surface area contributed by atoms with Crippen LogP contribution in [0.5, 0.6) is 0 Å². The van der Waals surface area contributed by atoms with Crippen LogP contribution in [0.2, 0.25) is 0 Å². The Bertz CT molecular complexity index is 550. The summed E-state index contributed by atoms with van der Waals surface area (Å²) in [6, 6.07) is 3.50. The second-order valence-corrected chi connectivity index (χ2v) is 4.58. The largest absolute Gasteiger partial charge is 0.451 e. The predicted octanol–water partition coefficient (Wildman–Crippen LogP) is 2.82. The lowest BCUT2D eigenvalue weighted by atomic mass is 10.1. The van der Waals surface area contributed by atoms with E-state index < -0.39 is 0 Å². The summed E-state index contributed by atoms with van der Waals surface area (Å²) in [4.78, 5) is 11.8. The van der Waals surface area contributed by atoms with Crippen LogP contribution in [0.3, 0.4) is 0 Å². The van der Waals surface area contributed by atoms with Crippen LogP contribution in [0.15, 0.2) is 16.5 Å². The summed E-state index contributed by atoms with van der Waals surface area (Å²) in [6.07, 6.45) is 2.02. The molecule has 19 heavy (non-hydrogen) atoms. The van der Waals surface area contributed by atoms with Crippen molar-refractivity contribution in [2.24, 2.45) is 0 Å². The number of rotatable bonds is 5. The highest BCUT2D eigenvalue weighted by molar-refractivity contribution is 5.92. The van der Waals surface area contributed by atoms with Gasteiger partial charge in [0.25, 0.3) is 5.91 Å². The average molecular weight is 261 g/mol. The van der Waals surface area contributed by atoms with Crippen LogP contribution in [0.4, 0.5) is 0 Å². The molecule has 0 bridgehead atoms. The molecule has 102 valence electrons. The molecule has 2 aromatic rings. The quantitative estimate of drug-likeness (QED) is 0.813. The fourth-order valence-corrected chi connectivity index (χ4v) is 1.97. The summed E-state index contributed by atoms with van der Waals surface area (Å²) in [6.45, 7) is 6.60. The number of amides is 1. The van der Waals surface area contributed by atoms with Crippen molar-refractivity contribution in [1.82, 2.24) is 15.5 Å². The van der Waals surface area contributed by atoms with Crippen molar-refractivity contribution >= 4 is 5.91 Å². The Morgan fingerprint density at radius 3 is 2.84 bits per heavy atom. The van der Waals surface area contributed by atoms with Crippen LogP contribution < -0.4 is 5.32 Å². The SMILES string of the molecule is CCCCNC(=O)c1ccc(-c2c(C)n[nH]c2C)o1. The molecule has 2 N–H and O–H groups in total. The van der Waals surface area contributed by atoms with Gasteiger partial charge in [-0.15, -0.1) is 0 Å². The van der Waals surface area contributed by atoms with E-state index >= 15 is 0 Å². The molecule has 0 radical (unpaired) electrons. The van der Waals surface area contributed by atoms with Crippen molar-refractivity contribution in [1.29, 1.82) is 0 Å². The van der Waals surface area contributed by atoms with Gasteiger partial charge >= 0.3 is 0 Å². The summed E-state index contributed by atoms with van der Waals surface area (Å²) >= 11 is 0. The number of nitrogens with one attached hydrogen (secondary N) is 2. The minimum Gasteiger partial charge on any atom is -0.451 e. The van der Waals surface area contributed by atoms with Gasteiger partial charge in [-0.1, -0.05) is 13.3 Å². The zero-order chi connectivity index (χ0) is 13.8. The number of furan rings is 1. The maximum Gasteiger partial charge on any atom is 0.287 e. The molecule has 0 fully saturated rings. The summed E-state index contributed by atoms with van der Waals surface area (Å²) in [5.41, 5.74) is 2.72. The molecule has 0 aromatic carbocycles. The van der Waals surface area contributed by atoms with Crippen LogP contribution in [0.1, 0.15) is 41.7 Å². The van der Waals surface area contributed by atoms with Crippen LogP contribution in [-0.4, -0.2) is 22.6 Å². The van der Waals surface area contributed by atoms with Gasteiger partial charge in [-0.25, -0.2) is 0 Å². The molecule has 2 rings (SSSR count). The Labute approximate surface area is 112 Å². The topological polar surface area (TPSA) is 70.9 Å². The fourth-order valence-electron chi connectivity index (χ4n) is 1.97. The molecule has 0 spiro atoms. The lowest BCUT2D eigenvalue weighted by Crippen LogP contribution is -2.23. The number of aryl methyl sites for hydroxylation is 2. The third-order valence-electron chi connectivity index (χ3n) is 3.02. The van der Waals surface area contributed by atoms with E-state index in [9.17, 15) is 4.79 Å². The Morgan fingerprint density at radius 2 is 2.21 bits per heavy atom. The molecule has 5 heteroatoms. The number of carbonyl (C=O) groups is 1. The number of unbranched alkanes of at least 4 members (excludes halogenated alkanes) is 1. The van der Waals surface area contributed by atoms with Gasteiger partial charge in [0.2, 0.25) is 0 Å². The minimum absolute atomic E-state index is 0.168. The number of hydrogen-bond donors (Lipinski definition) is 2. The van der Waals surface area contributed by atoms with Crippen LogP contribution >= 0.6 is 0 Å². The second-order valence-electron chi connectivity index (χ2n) is 4.58. The van der Waals surface area contributed by atoms with Gasteiger partial charge < -0.3 is 9.73 Å². The number of carbonyl (C=O) groups excluding carboxylic acids is 1. The maximum atomic E-state index is 11.8. The molecule has 0 atom stereocenters. The van der Waals surface area contributed by atoms with Crippen molar-refractivity contribution in [3.63, 3.8) is 0 Å². The Morgan fingerprint density at radius 1 is 1.42 bits per heavy atom. The highest BCUT2D eigenvalue weighted by Crippen LogP contribution is 2.27. The Hall–Kier alpha value is -2.04. The van der Waals surface area contributed by atoms with E-state index in [-0.39, 0.29) is 5.91 Å². The van der Waals surface area contributed by atoms with Crippen molar-refractivity contribution in [3.8, 4) is 11.3 Å². The smallest absolute Gasteiger partial charge is 0.287 e. The van der Waals surface area contributed by atoms with Crippen molar-refractivity contribution in [2.75, 3.05) is 6.54 Å². The van der Waals surface area contributed by atoms with E-state index in [0.717, 1.165) is 29.8 Å². The van der Waals surface area contributed by atoms with E-state index in [1.165, 1.54) is 0 Å². The Balaban J connectivity index is 2.13. The first-order chi connectivity index (χ1) is 9.13. The summed E-state index contributed by atoms with van der Waals surface area (Å²) in [7, 11) is 0. The van der Waals surface area contributed by atoms with Crippen LogP contribution in [0.25, 0.3) is 11.3 Å². The fraction of sp³-hybridized carbons (Fsp3) is 0.429. The molecular formula is C14H19N3O2. The molecule has 0 saturated heterocycles. The molecule has 1 amide bonds. The number of H-pyrrole nitrogens is 1. The molecule has 0 aliphatic heterocycles. The molecule has 5 nitrogen and oxygen atoms in total. The number of nitrogens with zero attached hydrogens (tertiary/aromatic N) is 1. The minimum atomic E-state index is -0.168. The maximum absolute atomic E-state index is 11.8. The highest BCUT2D eigenvalue weighted by Gasteiger charge is 2.16. The summed E-state index contributed by atoms with van der Waals surface area (Å²) < 4.78 is 5.61. The number of aromatic nitrogens is 2. The first kappa shape index (κ1) is 13.4. The van der Waals surface area contributed by atoms with Gasteiger partial charge in [0.1, 0.15) is 5.76 Å². The van der Waals surface area contributed by atoms with Gasteiger partial charge in [0.15, 0.2) is 5.76 Å². The van der Waals surface area contributed by atoms with Gasteiger partial charge in [0.05, 0.1) is 11.3 Å². The third kappa shape index (κ3) is 2.86. The molecule has 0 unspecified atom stereocenters. The van der Waals surface area contributed by atoms with Gasteiger partial charge in [0, 0.05) is 12.2 Å². The number of aromatic amines is 1. The van der Waals surface area contributed by atoms with Gasteiger partial charge in [-0.3, -0.25) is 9.89 Å². The molecule has 2 heterocycles. The van der Waals surface area contributed by atoms with Crippen LogP contribution in [-0.2, 0) is 0 Å². The first-order valence-corrected chi connectivity index (χ1v) is 6.53. The molecule has 0 aliphatic carbocycles. The molecule has 2 aromatic heterocycles. The monoisotopic (exact) mass is 261 g/mol. The van der Waals surface area contributed by atoms with E-state index in [0.29, 0.717) is 18.1 Å². The highest BCUT2D eigenvalue weighted by atomic mass is 16.3. The van der Waals surface area contributed by atoms with Gasteiger partial charge in [-0.2, -0.15) is 5.10 Å². The lowest BCUT2D eigenvalue weighted by molar-refractivity contribution is 0.0926. The predicted molar refractivity (Wildman–Crippen MR) is 73.0 cm³/mol. The van der Waals surface area contributed by atoms with E-state index in [1.807, 2.05) is 13.8 Å². The summed E-state index contributed by atoms with van der Waals surface area (Å²) in [5.74, 6) is 0.842. The van der Waals surface area contributed by atoms with Crippen molar-refractivity contribution in [2.45, 2.75) is 33.6 Å². The zero-order valence-corrected chi connectivity index (χ0v) is 11.5. The Kier molecular flexibility index (Phi) is 4.04. The summed E-state index contributed by atoms with van der Waals surface area (Å²) in [5, 5.41) is 9.86. The van der Waals surface area contributed by atoms with E-state index in [2.05, 4.69) is 22.4 Å². The van der Waals surface area contributed by atoms with Crippen molar-refractivity contribution in [3.05, 3.63) is 29.3 Å². The molecular weight excluding hydrogens is 242 g/mol. The number of hydrogen-bond acceptors (Lipinski definition) is 3. The normalized spacial score (nSPS) is 10.7. The van der Waals surface area contributed by atoms with E-state index in [4.69, 9.17) is 4.42 Å². The lowest BCUT2D eigenvalue weighted by Gasteiger charge is -2.01. The average Bonchev–Trinajstić information content (AvgIpc) is 2.97.